The molecule has 0 saturated heterocycles. The minimum Gasteiger partial charge on any atom is -0.389 e. The van der Waals surface area contributed by atoms with Gasteiger partial charge in [-0.3, -0.25) is 9.69 Å². The van der Waals surface area contributed by atoms with Gasteiger partial charge >= 0.3 is 0 Å². The predicted molar refractivity (Wildman–Crippen MR) is 106 cm³/mol. The van der Waals surface area contributed by atoms with Gasteiger partial charge in [0, 0.05) is 12.4 Å². The number of hydrogen-bond acceptors (Lipinski definition) is 5. The van der Waals surface area contributed by atoms with Crippen LogP contribution in [0.2, 0.25) is 0 Å². The van der Waals surface area contributed by atoms with Crippen molar-refractivity contribution in [2.75, 3.05) is 13.6 Å². The third-order valence-electron chi connectivity index (χ3n) is 5.42. The van der Waals surface area contributed by atoms with Gasteiger partial charge in [0.2, 0.25) is 5.91 Å². The molecule has 0 radical (unpaired) electrons. The number of benzene rings is 1. The molecule has 8 heteroatoms. The monoisotopic (exact) mass is 382 g/mol. The molecule has 28 heavy (non-hydrogen) atoms. The number of fused-ring (bicyclic) bond motifs is 1. The van der Waals surface area contributed by atoms with Crippen LogP contribution in [-0.2, 0) is 11.3 Å². The third kappa shape index (κ3) is 3.79. The van der Waals surface area contributed by atoms with E-state index in [4.69, 9.17) is 0 Å². The SMILES string of the molecule is Cc1nccn1[C@@H]1CC[C@@H](NC(=O)CN(C)Cc2nc3ccccc3[nH]2)[C@H]1O. The molecule has 1 aliphatic rings. The van der Waals surface area contributed by atoms with Gasteiger partial charge in [-0.2, -0.15) is 0 Å². The minimum atomic E-state index is -0.613. The van der Waals surface area contributed by atoms with E-state index in [1.165, 1.54) is 0 Å². The highest BCUT2D eigenvalue weighted by Crippen LogP contribution is 2.31. The first-order chi connectivity index (χ1) is 13.5. The number of H-pyrrole nitrogens is 1. The number of hydrogen-bond donors (Lipinski definition) is 3. The quantitative estimate of drug-likeness (QED) is 0.598. The van der Waals surface area contributed by atoms with Gasteiger partial charge in [0.1, 0.15) is 11.6 Å². The highest BCUT2D eigenvalue weighted by atomic mass is 16.3. The van der Waals surface area contributed by atoms with Gasteiger partial charge in [-0.25, -0.2) is 9.97 Å². The fraction of sp³-hybridized carbons (Fsp3) is 0.450. The summed E-state index contributed by atoms with van der Waals surface area (Å²) in [5, 5.41) is 13.6. The maximum Gasteiger partial charge on any atom is 0.234 e. The van der Waals surface area contributed by atoms with Crippen LogP contribution in [0.3, 0.4) is 0 Å². The van der Waals surface area contributed by atoms with E-state index in [0.29, 0.717) is 6.54 Å². The standard InChI is InChI=1S/C20H26N6O2/c1-13-21-9-10-26(13)17-8-7-16(20(17)28)24-19(27)12-25(2)11-18-22-14-5-3-4-6-15(14)23-18/h3-6,9-10,16-17,20,28H,7-8,11-12H2,1-2H3,(H,22,23)(H,24,27)/t16-,17-,20-/m1/s1. The number of nitrogens with zero attached hydrogens (tertiary/aromatic N) is 4. The zero-order chi connectivity index (χ0) is 19.7. The second kappa shape index (κ2) is 7.73. The molecule has 2 aromatic heterocycles. The van der Waals surface area contributed by atoms with Gasteiger partial charge in [0.05, 0.1) is 42.3 Å². The summed E-state index contributed by atoms with van der Waals surface area (Å²) in [4.78, 5) is 26.4. The maximum absolute atomic E-state index is 12.5. The lowest BCUT2D eigenvalue weighted by molar-refractivity contribution is -0.123. The summed E-state index contributed by atoms with van der Waals surface area (Å²) < 4.78 is 1.99. The molecule has 3 N–H and O–H groups in total. The van der Waals surface area contributed by atoms with Crippen LogP contribution >= 0.6 is 0 Å². The fourth-order valence-corrected chi connectivity index (χ4v) is 4.05. The second-order valence-electron chi connectivity index (χ2n) is 7.56. The lowest BCUT2D eigenvalue weighted by atomic mass is 10.1. The van der Waals surface area contributed by atoms with E-state index < -0.39 is 6.10 Å². The number of aryl methyl sites for hydroxylation is 1. The van der Waals surface area contributed by atoms with Crippen molar-refractivity contribution in [3.8, 4) is 0 Å². The topological polar surface area (TPSA) is 99.1 Å². The summed E-state index contributed by atoms with van der Waals surface area (Å²) in [6.45, 7) is 2.72. The van der Waals surface area contributed by atoms with Crippen LogP contribution in [0.25, 0.3) is 11.0 Å². The van der Waals surface area contributed by atoms with Gasteiger partial charge < -0.3 is 20.0 Å². The number of nitrogens with one attached hydrogen (secondary N) is 2. The number of imidazole rings is 2. The first-order valence-electron chi connectivity index (χ1n) is 9.60. The molecular weight excluding hydrogens is 356 g/mol. The van der Waals surface area contributed by atoms with Gasteiger partial charge in [-0.15, -0.1) is 0 Å². The molecule has 4 rings (SSSR count). The van der Waals surface area contributed by atoms with E-state index in [9.17, 15) is 9.90 Å². The molecule has 0 spiro atoms. The van der Waals surface area contributed by atoms with Gasteiger partial charge in [-0.05, 0) is 38.9 Å². The molecule has 1 aromatic carbocycles. The van der Waals surface area contributed by atoms with Gasteiger partial charge in [0.25, 0.3) is 0 Å². The van der Waals surface area contributed by atoms with Crippen molar-refractivity contribution in [3.05, 3.63) is 48.3 Å². The summed E-state index contributed by atoms with van der Waals surface area (Å²) in [5.41, 5.74) is 1.91. The number of carbonyl (C=O) groups excluding carboxylic acids is 1. The smallest absolute Gasteiger partial charge is 0.234 e. The molecule has 1 saturated carbocycles. The molecule has 1 amide bonds. The summed E-state index contributed by atoms with van der Waals surface area (Å²) in [6, 6.07) is 7.59. The van der Waals surface area contributed by atoms with E-state index in [-0.39, 0.29) is 24.5 Å². The number of likely N-dealkylation sites (N-methyl/N-ethyl adjacent to an activating group) is 1. The van der Waals surface area contributed by atoms with Gasteiger partial charge in [-0.1, -0.05) is 12.1 Å². The lowest BCUT2D eigenvalue weighted by Crippen LogP contribution is -2.45. The summed E-state index contributed by atoms with van der Waals surface area (Å²) in [7, 11) is 1.88. The molecule has 3 aromatic rings. The Morgan fingerprint density at radius 1 is 1.39 bits per heavy atom. The van der Waals surface area contributed by atoms with Crippen LogP contribution in [-0.4, -0.2) is 61.2 Å². The van der Waals surface area contributed by atoms with Crippen molar-refractivity contribution in [1.29, 1.82) is 0 Å². The molecule has 2 heterocycles. The van der Waals surface area contributed by atoms with E-state index >= 15 is 0 Å². The molecule has 8 nitrogen and oxygen atoms in total. The molecule has 0 unspecified atom stereocenters. The first-order valence-corrected chi connectivity index (χ1v) is 9.60. The van der Waals surface area contributed by atoms with Crippen molar-refractivity contribution < 1.29 is 9.90 Å². The second-order valence-corrected chi connectivity index (χ2v) is 7.56. The van der Waals surface area contributed by atoms with E-state index in [0.717, 1.165) is 35.5 Å². The van der Waals surface area contributed by atoms with Crippen LogP contribution < -0.4 is 5.32 Å². The van der Waals surface area contributed by atoms with Crippen LogP contribution in [0.15, 0.2) is 36.7 Å². The van der Waals surface area contributed by atoms with Crippen LogP contribution in [0.5, 0.6) is 0 Å². The summed E-state index contributed by atoms with van der Waals surface area (Å²) in [6.07, 6.45) is 4.58. The zero-order valence-electron chi connectivity index (χ0n) is 16.2. The Kier molecular flexibility index (Phi) is 5.15. The zero-order valence-corrected chi connectivity index (χ0v) is 16.2. The van der Waals surface area contributed by atoms with E-state index in [1.54, 1.807) is 6.20 Å². The van der Waals surface area contributed by atoms with Crippen molar-refractivity contribution >= 4 is 16.9 Å². The third-order valence-corrected chi connectivity index (χ3v) is 5.42. The number of rotatable bonds is 6. The Morgan fingerprint density at radius 3 is 2.96 bits per heavy atom. The number of aromatic amines is 1. The molecule has 1 aliphatic carbocycles. The number of aliphatic hydroxyl groups excluding tert-OH is 1. The summed E-state index contributed by atoms with van der Waals surface area (Å²) >= 11 is 0. The Balaban J connectivity index is 1.31. The molecule has 0 aliphatic heterocycles. The Morgan fingerprint density at radius 2 is 2.21 bits per heavy atom. The Bertz CT molecular complexity index is 931. The van der Waals surface area contributed by atoms with Crippen LogP contribution in [0, 0.1) is 6.92 Å². The normalized spacial score (nSPS) is 22.2. The average Bonchev–Trinajstić information content (AvgIpc) is 3.34. The van der Waals surface area contributed by atoms with Crippen LogP contribution in [0.4, 0.5) is 0 Å². The van der Waals surface area contributed by atoms with E-state index in [2.05, 4.69) is 20.3 Å². The Labute approximate surface area is 163 Å². The minimum absolute atomic E-state index is 0.0407. The average molecular weight is 382 g/mol. The number of amides is 1. The molecule has 3 atom stereocenters. The predicted octanol–water partition coefficient (Wildman–Crippen LogP) is 1.38. The van der Waals surface area contributed by atoms with E-state index in [1.807, 2.05) is 53.9 Å². The molecular formula is C20H26N6O2. The lowest BCUT2D eigenvalue weighted by Gasteiger charge is -2.23. The molecule has 148 valence electrons. The molecule has 1 fully saturated rings. The number of para-hydroxylation sites is 2. The van der Waals surface area contributed by atoms with Crippen LogP contribution in [0.1, 0.15) is 30.5 Å². The van der Waals surface area contributed by atoms with Crippen molar-refractivity contribution in [2.24, 2.45) is 0 Å². The van der Waals surface area contributed by atoms with Gasteiger partial charge in [0.15, 0.2) is 0 Å². The summed E-state index contributed by atoms with van der Waals surface area (Å²) in [5.74, 6) is 1.61. The first kappa shape index (κ1) is 18.6. The Hall–Kier alpha value is -2.71. The highest BCUT2D eigenvalue weighted by Gasteiger charge is 2.37. The number of aromatic nitrogens is 4. The fourth-order valence-electron chi connectivity index (χ4n) is 4.05. The van der Waals surface area contributed by atoms with Crippen molar-refractivity contribution in [1.82, 2.24) is 29.7 Å². The number of aliphatic hydroxyl groups is 1. The highest BCUT2D eigenvalue weighted by molar-refractivity contribution is 5.78. The largest absolute Gasteiger partial charge is 0.389 e. The maximum atomic E-state index is 12.5. The molecule has 0 bridgehead atoms. The van der Waals surface area contributed by atoms with Crippen molar-refractivity contribution in [3.63, 3.8) is 0 Å². The number of carbonyl (C=O) groups is 1. The van der Waals surface area contributed by atoms with Crippen molar-refractivity contribution in [2.45, 2.75) is 44.5 Å².